The Bertz CT molecular complexity index is 606. The summed E-state index contributed by atoms with van der Waals surface area (Å²) in [5, 5.41) is 2.20. The average molecular weight is 321 g/mol. The lowest BCUT2D eigenvalue weighted by Gasteiger charge is -2.33. The molecule has 2 N–H and O–H groups in total. The highest BCUT2D eigenvalue weighted by Gasteiger charge is 2.18. The molecular weight excluding hydrogens is 304 g/mol. The van der Waals surface area contributed by atoms with Crippen molar-refractivity contribution in [3.8, 4) is 0 Å². The highest BCUT2D eigenvalue weighted by molar-refractivity contribution is 9.10. The summed E-state index contributed by atoms with van der Waals surface area (Å²) in [4.78, 5) is 9.25. The number of hydrogen-bond donors (Lipinski definition) is 1. The van der Waals surface area contributed by atoms with E-state index in [-0.39, 0.29) is 0 Å². The molecule has 1 aromatic carbocycles. The van der Waals surface area contributed by atoms with Gasteiger partial charge in [-0.15, -0.1) is 0 Å². The highest BCUT2D eigenvalue weighted by atomic mass is 79.9. The van der Waals surface area contributed by atoms with E-state index >= 15 is 0 Å². The molecular formula is C14H17BrN4. The summed E-state index contributed by atoms with van der Waals surface area (Å²) >= 11 is 3.48. The van der Waals surface area contributed by atoms with Gasteiger partial charge in [0.1, 0.15) is 5.82 Å². The predicted octanol–water partition coefficient (Wildman–Crippen LogP) is 2.33. The van der Waals surface area contributed by atoms with Crippen LogP contribution in [-0.2, 0) is 0 Å². The Morgan fingerprint density at radius 2 is 1.84 bits per heavy atom. The smallest absolute Gasteiger partial charge is 0.136 e. The number of nitrogen functional groups attached to an aromatic ring is 1. The van der Waals surface area contributed by atoms with Gasteiger partial charge >= 0.3 is 0 Å². The molecule has 4 nitrogen and oxygen atoms in total. The lowest BCUT2D eigenvalue weighted by Crippen LogP contribution is -2.44. The number of benzene rings is 1. The fourth-order valence-corrected chi connectivity index (χ4v) is 2.85. The zero-order valence-electron chi connectivity index (χ0n) is 10.9. The molecule has 1 aliphatic heterocycles. The maximum absolute atomic E-state index is 6.14. The number of hydrogen-bond acceptors (Lipinski definition) is 4. The Balaban J connectivity index is 2.07. The molecule has 1 aliphatic rings. The van der Waals surface area contributed by atoms with E-state index < -0.39 is 0 Å². The number of fused-ring (bicyclic) bond motifs is 1. The molecule has 5 heteroatoms. The van der Waals surface area contributed by atoms with Crippen molar-refractivity contribution in [3.63, 3.8) is 0 Å². The van der Waals surface area contributed by atoms with Crippen LogP contribution >= 0.6 is 15.9 Å². The molecule has 100 valence electrons. The summed E-state index contributed by atoms with van der Waals surface area (Å²) in [6.07, 6.45) is 1.85. The van der Waals surface area contributed by atoms with Gasteiger partial charge in [0.2, 0.25) is 0 Å². The lowest BCUT2D eigenvalue weighted by molar-refractivity contribution is 0.312. The van der Waals surface area contributed by atoms with Crippen molar-refractivity contribution >= 4 is 38.2 Å². The van der Waals surface area contributed by atoms with E-state index in [1.54, 1.807) is 0 Å². The van der Waals surface area contributed by atoms with Crippen LogP contribution in [0.1, 0.15) is 0 Å². The van der Waals surface area contributed by atoms with Gasteiger partial charge in [-0.05, 0) is 41.2 Å². The average Bonchev–Trinajstić information content (AvgIpc) is 2.43. The number of nitrogens with two attached hydrogens (primary N) is 1. The van der Waals surface area contributed by atoms with E-state index in [0.717, 1.165) is 52.9 Å². The van der Waals surface area contributed by atoms with Gasteiger partial charge in [-0.1, -0.05) is 0 Å². The molecule has 19 heavy (non-hydrogen) atoms. The predicted molar refractivity (Wildman–Crippen MR) is 83.6 cm³/mol. The van der Waals surface area contributed by atoms with Gasteiger partial charge in [0.05, 0.1) is 5.69 Å². The first-order chi connectivity index (χ1) is 9.16. The molecule has 0 unspecified atom stereocenters. The molecule has 0 spiro atoms. The Labute approximate surface area is 121 Å². The van der Waals surface area contributed by atoms with Crippen LogP contribution < -0.4 is 10.6 Å². The molecule has 0 aliphatic carbocycles. The summed E-state index contributed by atoms with van der Waals surface area (Å²) in [6, 6.07) is 6.07. The van der Waals surface area contributed by atoms with Crippen molar-refractivity contribution in [3.05, 3.63) is 28.9 Å². The molecule has 0 radical (unpaired) electrons. The van der Waals surface area contributed by atoms with Crippen LogP contribution in [0.3, 0.4) is 0 Å². The van der Waals surface area contributed by atoms with Crippen molar-refractivity contribution in [2.24, 2.45) is 0 Å². The minimum atomic E-state index is 0.787. The molecule has 2 heterocycles. The quantitative estimate of drug-likeness (QED) is 0.819. The van der Waals surface area contributed by atoms with E-state index in [9.17, 15) is 0 Å². The summed E-state index contributed by atoms with van der Waals surface area (Å²) in [6.45, 7) is 4.17. The minimum Gasteiger partial charge on any atom is -0.397 e. The van der Waals surface area contributed by atoms with Crippen LogP contribution in [0.4, 0.5) is 11.5 Å². The first-order valence-electron chi connectivity index (χ1n) is 6.43. The number of anilines is 2. The van der Waals surface area contributed by atoms with Crippen LogP contribution in [-0.4, -0.2) is 43.1 Å². The van der Waals surface area contributed by atoms with Gasteiger partial charge in [0.15, 0.2) is 0 Å². The lowest BCUT2D eigenvalue weighted by atomic mass is 10.1. The Hall–Kier alpha value is -1.33. The van der Waals surface area contributed by atoms with Crippen molar-refractivity contribution in [1.82, 2.24) is 9.88 Å². The maximum Gasteiger partial charge on any atom is 0.136 e. The second kappa shape index (κ2) is 4.98. The first kappa shape index (κ1) is 12.7. The van der Waals surface area contributed by atoms with E-state index in [2.05, 4.69) is 43.8 Å². The first-order valence-corrected chi connectivity index (χ1v) is 7.22. The molecule has 2 aromatic rings. The van der Waals surface area contributed by atoms with Crippen LogP contribution in [0.2, 0.25) is 0 Å². The molecule has 0 amide bonds. The second-order valence-corrected chi connectivity index (χ2v) is 5.84. The Kier molecular flexibility index (Phi) is 3.33. The molecule has 1 saturated heterocycles. The number of piperazine rings is 1. The fraction of sp³-hybridized carbons (Fsp3) is 0.357. The van der Waals surface area contributed by atoms with Crippen molar-refractivity contribution < 1.29 is 0 Å². The Morgan fingerprint density at radius 1 is 1.11 bits per heavy atom. The van der Waals surface area contributed by atoms with Crippen molar-refractivity contribution in [1.29, 1.82) is 0 Å². The van der Waals surface area contributed by atoms with Crippen molar-refractivity contribution in [2.45, 2.75) is 0 Å². The van der Waals surface area contributed by atoms with Gasteiger partial charge < -0.3 is 15.5 Å². The van der Waals surface area contributed by atoms with E-state index in [4.69, 9.17) is 5.73 Å². The van der Waals surface area contributed by atoms with Gasteiger partial charge in [-0.2, -0.15) is 0 Å². The van der Waals surface area contributed by atoms with Gasteiger partial charge in [-0.25, -0.2) is 4.98 Å². The zero-order valence-corrected chi connectivity index (χ0v) is 12.5. The van der Waals surface area contributed by atoms with Crippen LogP contribution in [0.25, 0.3) is 10.8 Å². The van der Waals surface area contributed by atoms with Gasteiger partial charge in [0, 0.05) is 47.6 Å². The molecule has 1 fully saturated rings. The summed E-state index contributed by atoms with van der Waals surface area (Å²) < 4.78 is 0.940. The van der Waals surface area contributed by atoms with Crippen LogP contribution in [0.15, 0.2) is 28.9 Å². The van der Waals surface area contributed by atoms with Gasteiger partial charge in [0.25, 0.3) is 0 Å². The van der Waals surface area contributed by atoms with Crippen LogP contribution in [0, 0.1) is 0 Å². The Morgan fingerprint density at radius 3 is 2.58 bits per heavy atom. The molecule has 3 rings (SSSR count). The van der Waals surface area contributed by atoms with E-state index in [1.165, 1.54) is 0 Å². The standard InChI is InChI=1S/C14H17BrN4/c1-18-6-8-19(9-7-18)14-11-2-3-12(15)13(16)10(11)4-5-17-14/h2-5H,6-9,16H2,1H3. The number of aromatic nitrogens is 1. The monoisotopic (exact) mass is 320 g/mol. The number of halogens is 1. The fourth-order valence-electron chi connectivity index (χ4n) is 2.51. The van der Waals surface area contributed by atoms with E-state index in [0.29, 0.717) is 0 Å². The SMILES string of the molecule is CN1CCN(c2nccc3c(N)c(Br)ccc23)CC1. The zero-order chi connectivity index (χ0) is 13.4. The third-order valence-corrected chi connectivity index (χ3v) is 4.41. The number of rotatable bonds is 1. The second-order valence-electron chi connectivity index (χ2n) is 4.98. The summed E-state index contributed by atoms with van der Waals surface area (Å²) in [5.41, 5.74) is 6.92. The molecule has 0 bridgehead atoms. The largest absolute Gasteiger partial charge is 0.397 e. The van der Waals surface area contributed by atoms with E-state index in [1.807, 2.05) is 18.3 Å². The summed E-state index contributed by atoms with van der Waals surface area (Å²) in [7, 11) is 2.16. The van der Waals surface area contributed by atoms with Crippen molar-refractivity contribution in [2.75, 3.05) is 43.9 Å². The third-order valence-electron chi connectivity index (χ3n) is 3.72. The summed E-state index contributed by atoms with van der Waals surface area (Å²) in [5.74, 6) is 1.05. The molecule has 1 aromatic heterocycles. The number of nitrogens with zero attached hydrogens (tertiary/aromatic N) is 3. The number of likely N-dealkylation sites (N-methyl/N-ethyl adjacent to an activating group) is 1. The molecule has 0 saturated carbocycles. The van der Waals surface area contributed by atoms with Gasteiger partial charge in [-0.3, -0.25) is 0 Å². The number of pyridine rings is 1. The normalized spacial score (nSPS) is 17.1. The minimum absolute atomic E-state index is 0.787. The van der Waals surface area contributed by atoms with Crippen LogP contribution in [0.5, 0.6) is 0 Å². The topological polar surface area (TPSA) is 45.4 Å². The maximum atomic E-state index is 6.14. The third kappa shape index (κ3) is 2.28. The molecule has 0 atom stereocenters. The highest BCUT2D eigenvalue weighted by Crippen LogP contribution is 2.33.